The summed E-state index contributed by atoms with van der Waals surface area (Å²) in [5.41, 5.74) is 7.73. The van der Waals surface area contributed by atoms with Crippen LogP contribution in [-0.2, 0) is 0 Å². The SMILES string of the molecule is Nc1cc(-c2nnnn2-c2ccc(Br)cc2)cc(Cl)c1Cl. The van der Waals surface area contributed by atoms with E-state index in [-0.39, 0.29) is 0 Å². The minimum absolute atomic E-state index is 0.322. The van der Waals surface area contributed by atoms with Crippen molar-refractivity contribution in [1.29, 1.82) is 0 Å². The molecule has 3 aromatic rings. The van der Waals surface area contributed by atoms with Crippen LogP contribution < -0.4 is 5.73 Å². The normalized spacial score (nSPS) is 10.8. The Labute approximate surface area is 138 Å². The van der Waals surface area contributed by atoms with E-state index >= 15 is 0 Å². The van der Waals surface area contributed by atoms with Gasteiger partial charge in [0, 0.05) is 10.0 Å². The van der Waals surface area contributed by atoms with Crippen LogP contribution in [0.1, 0.15) is 0 Å². The molecule has 2 N–H and O–H groups in total. The number of tetrazole rings is 1. The van der Waals surface area contributed by atoms with Gasteiger partial charge in [0.05, 0.1) is 21.4 Å². The van der Waals surface area contributed by atoms with Gasteiger partial charge in [0.25, 0.3) is 0 Å². The van der Waals surface area contributed by atoms with Crippen molar-refractivity contribution in [2.45, 2.75) is 0 Å². The molecule has 0 amide bonds. The molecule has 3 rings (SSSR count). The summed E-state index contributed by atoms with van der Waals surface area (Å²) in [6.07, 6.45) is 0. The Bertz CT molecular complexity index is 778. The highest BCUT2D eigenvalue weighted by atomic mass is 79.9. The minimum Gasteiger partial charge on any atom is -0.397 e. The molecule has 1 aromatic heterocycles. The van der Waals surface area contributed by atoms with E-state index in [1.807, 2.05) is 24.3 Å². The van der Waals surface area contributed by atoms with Crippen molar-refractivity contribution in [3.63, 3.8) is 0 Å². The maximum Gasteiger partial charge on any atom is 0.187 e. The lowest BCUT2D eigenvalue weighted by Gasteiger charge is -2.07. The molecule has 0 spiro atoms. The van der Waals surface area contributed by atoms with E-state index in [1.54, 1.807) is 16.8 Å². The van der Waals surface area contributed by atoms with E-state index in [0.717, 1.165) is 10.2 Å². The molecule has 21 heavy (non-hydrogen) atoms. The van der Waals surface area contributed by atoms with Gasteiger partial charge in [-0.25, -0.2) is 0 Å². The van der Waals surface area contributed by atoms with Crippen molar-refractivity contribution < 1.29 is 0 Å². The Morgan fingerprint density at radius 2 is 1.81 bits per heavy atom. The highest BCUT2D eigenvalue weighted by Gasteiger charge is 2.14. The first-order valence-electron chi connectivity index (χ1n) is 5.85. The number of nitrogens with two attached hydrogens (primary N) is 1. The molecule has 0 aliphatic rings. The van der Waals surface area contributed by atoms with Gasteiger partial charge in [-0.3, -0.25) is 0 Å². The van der Waals surface area contributed by atoms with Crippen LogP contribution in [0.2, 0.25) is 10.0 Å². The van der Waals surface area contributed by atoms with Gasteiger partial charge in [0.1, 0.15) is 0 Å². The third-order valence-electron chi connectivity index (χ3n) is 2.86. The lowest BCUT2D eigenvalue weighted by Crippen LogP contribution is -2.00. The lowest BCUT2D eigenvalue weighted by atomic mass is 10.2. The quantitative estimate of drug-likeness (QED) is 0.678. The zero-order chi connectivity index (χ0) is 15.0. The molecule has 106 valence electrons. The largest absolute Gasteiger partial charge is 0.397 e. The highest BCUT2D eigenvalue weighted by Crippen LogP contribution is 2.33. The Balaban J connectivity index is 2.13. The van der Waals surface area contributed by atoms with Crippen molar-refractivity contribution >= 4 is 44.8 Å². The van der Waals surface area contributed by atoms with Crippen LogP contribution in [0.5, 0.6) is 0 Å². The molecule has 0 radical (unpaired) electrons. The number of halogens is 3. The second kappa shape index (κ2) is 5.63. The standard InChI is InChI=1S/C13H8BrCl2N5/c14-8-1-3-9(4-2-8)21-13(18-19-20-21)7-5-10(15)12(16)11(17)6-7/h1-6H,17H2. The van der Waals surface area contributed by atoms with Gasteiger partial charge in [0.15, 0.2) is 5.82 Å². The second-order valence-corrected chi connectivity index (χ2v) is 5.95. The third kappa shape index (κ3) is 2.74. The number of aromatic nitrogens is 4. The van der Waals surface area contributed by atoms with E-state index in [4.69, 9.17) is 28.9 Å². The van der Waals surface area contributed by atoms with Crippen LogP contribution >= 0.6 is 39.1 Å². The number of anilines is 1. The van der Waals surface area contributed by atoms with E-state index in [1.165, 1.54) is 0 Å². The predicted molar refractivity (Wildman–Crippen MR) is 86.7 cm³/mol. The summed E-state index contributed by atoms with van der Waals surface area (Å²) < 4.78 is 2.57. The number of nitrogen functional groups attached to an aromatic ring is 1. The summed E-state index contributed by atoms with van der Waals surface area (Å²) in [5, 5.41) is 12.4. The Morgan fingerprint density at radius 3 is 2.48 bits per heavy atom. The molecular formula is C13H8BrCl2N5. The number of nitrogens with zero attached hydrogens (tertiary/aromatic N) is 4. The van der Waals surface area contributed by atoms with E-state index in [9.17, 15) is 0 Å². The molecule has 0 aliphatic heterocycles. The summed E-state index contributed by atoms with van der Waals surface area (Å²) >= 11 is 15.4. The zero-order valence-electron chi connectivity index (χ0n) is 10.5. The Hall–Kier alpha value is -1.63. The van der Waals surface area contributed by atoms with Crippen molar-refractivity contribution in [2.75, 3.05) is 5.73 Å². The molecule has 0 aliphatic carbocycles. The molecule has 5 nitrogen and oxygen atoms in total. The van der Waals surface area contributed by atoms with Crippen LogP contribution in [0.4, 0.5) is 5.69 Å². The molecular weight excluding hydrogens is 377 g/mol. The van der Waals surface area contributed by atoms with Crippen LogP contribution in [-0.4, -0.2) is 20.2 Å². The summed E-state index contributed by atoms with van der Waals surface area (Å²) in [6.45, 7) is 0. The van der Waals surface area contributed by atoms with Gasteiger partial charge < -0.3 is 5.73 Å². The van der Waals surface area contributed by atoms with E-state index in [0.29, 0.717) is 27.1 Å². The second-order valence-electron chi connectivity index (χ2n) is 4.25. The molecule has 0 unspecified atom stereocenters. The van der Waals surface area contributed by atoms with Gasteiger partial charge in [-0.2, -0.15) is 4.68 Å². The average molecular weight is 385 g/mol. The molecule has 0 saturated carbocycles. The van der Waals surface area contributed by atoms with Crippen molar-refractivity contribution in [3.8, 4) is 17.1 Å². The number of hydrogen-bond acceptors (Lipinski definition) is 4. The van der Waals surface area contributed by atoms with Gasteiger partial charge in [-0.1, -0.05) is 39.1 Å². The molecule has 0 saturated heterocycles. The van der Waals surface area contributed by atoms with Gasteiger partial charge in [0.2, 0.25) is 0 Å². The average Bonchev–Trinajstić information content (AvgIpc) is 2.94. The Kier molecular flexibility index (Phi) is 3.84. The first-order valence-corrected chi connectivity index (χ1v) is 7.40. The summed E-state index contributed by atoms with van der Waals surface area (Å²) in [7, 11) is 0. The number of rotatable bonds is 2. The van der Waals surface area contributed by atoms with Crippen LogP contribution in [0.15, 0.2) is 40.9 Å². The third-order valence-corrected chi connectivity index (χ3v) is 4.20. The number of hydrogen-bond donors (Lipinski definition) is 1. The summed E-state index contributed by atoms with van der Waals surface area (Å²) in [6, 6.07) is 11.0. The first-order chi connectivity index (χ1) is 10.1. The van der Waals surface area contributed by atoms with Crippen LogP contribution in [0.3, 0.4) is 0 Å². The van der Waals surface area contributed by atoms with Crippen LogP contribution in [0.25, 0.3) is 17.1 Å². The molecule has 0 fully saturated rings. The van der Waals surface area contributed by atoms with Crippen LogP contribution in [0, 0.1) is 0 Å². The minimum atomic E-state index is 0.322. The zero-order valence-corrected chi connectivity index (χ0v) is 13.6. The summed E-state index contributed by atoms with van der Waals surface area (Å²) in [5.74, 6) is 0.530. The molecule has 0 bridgehead atoms. The number of benzene rings is 2. The fourth-order valence-corrected chi connectivity index (χ4v) is 2.46. The van der Waals surface area contributed by atoms with Gasteiger partial charge in [-0.15, -0.1) is 5.10 Å². The maximum atomic E-state index is 6.06. The molecule has 2 aromatic carbocycles. The van der Waals surface area contributed by atoms with Crippen molar-refractivity contribution in [1.82, 2.24) is 20.2 Å². The fourth-order valence-electron chi connectivity index (χ4n) is 1.86. The molecule has 0 atom stereocenters. The fraction of sp³-hybridized carbons (Fsp3) is 0. The monoisotopic (exact) mass is 383 g/mol. The predicted octanol–water partition coefficient (Wildman–Crippen LogP) is 3.98. The van der Waals surface area contributed by atoms with Crippen molar-refractivity contribution in [2.24, 2.45) is 0 Å². The smallest absolute Gasteiger partial charge is 0.187 e. The molecule has 1 heterocycles. The van der Waals surface area contributed by atoms with E-state index < -0.39 is 0 Å². The van der Waals surface area contributed by atoms with E-state index in [2.05, 4.69) is 31.5 Å². The van der Waals surface area contributed by atoms with Gasteiger partial charge >= 0.3 is 0 Å². The highest BCUT2D eigenvalue weighted by molar-refractivity contribution is 9.10. The summed E-state index contributed by atoms with van der Waals surface area (Å²) in [4.78, 5) is 0. The van der Waals surface area contributed by atoms with Crippen molar-refractivity contribution in [3.05, 3.63) is 50.9 Å². The lowest BCUT2D eigenvalue weighted by molar-refractivity contribution is 0.791. The van der Waals surface area contributed by atoms with Gasteiger partial charge in [-0.05, 0) is 46.8 Å². The molecule has 8 heteroatoms. The topological polar surface area (TPSA) is 69.6 Å². The maximum absolute atomic E-state index is 6.06. The Morgan fingerprint density at radius 1 is 1.10 bits per heavy atom. The first kappa shape index (κ1) is 14.3.